The van der Waals surface area contributed by atoms with Crippen LogP contribution >= 0.6 is 22.6 Å². The molecule has 3 aliphatic heterocycles. The van der Waals surface area contributed by atoms with Crippen LogP contribution in [0.2, 0.25) is 0 Å². The van der Waals surface area contributed by atoms with Gasteiger partial charge in [-0.25, -0.2) is 0 Å². The number of benzene rings is 1. The molecule has 26 heavy (non-hydrogen) atoms. The molecule has 1 amide bonds. The molecule has 2 N–H and O–H groups in total. The van der Waals surface area contributed by atoms with E-state index in [2.05, 4.69) is 56.3 Å². The highest BCUT2D eigenvalue weighted by atomic mass is 127. The van der Waals surface area contributed by atoms with Gasteiger partial charge in [0.15, 0.2) is 0 Å². The Bertz CT molecular complexity index is 823. The van der Waals surface area contributed by atoms with Crippen LogP contribution in [-0.4, -0.2) is 48.1 Å². The molecule has 0 unspecified atom stereocenters. The van der Waals surface area contributed by atoms with Crippen molar-refractivity contribution in [1.29, 1.82) is 0 Å². The minimum absolute atomic E-state index is 0.0452. The number of hydrogen-bond acceptors (Lipinski definition) is 3. The summed E-state index contributed by atoms with van der Waals surface area (Å²) in [5, 5.41) is 6.56. The van der Waals surface area contributed by atoms with Crippen LogP contribution in [0.25, 0.3) is 11.3 Å². The van der Waals surface area contributed by atoms with Gasteiger partial charge < -0.3 is 20.1 Å². The second-order valence-electron chi connectivity index (χ2n) is 7.30. The lowest BCUT2D eigenvalue weighted by Crippen LogP contribution is -2.57. The lowest BCUT2D eigenvalue weighted by atomic mass is 9.84. The van der Waals surface area contributed by atoms with Crippen molar-refractivity contribution in [3.05, 3.63) is 39.6 Å². The highest BCUT2D eigenvalue weighted by Gasteiger charge is 2.35. The number of aromatic nitrogens is 1. The number of hydrogen-bond donors (Lipinski definition) is 2. The highest BCUT2D eigenvalue weighted by Crippen LogP contribution is 2.32. The van der Waals surface area contributed by atoms with E-state index < -0.39 is 0 Å². The summed E-state index contributed by atoms with van der Waals surface area (Å²) in [6.45, 7) is 3.36. The quantitative estimate of drug-likeness (QED) is 0.684. The molecule has 1 atom stereocenters. The summed E-state index contributed by atoms with van der Waals surface area (Å²) in [5.41, 5.74) is 3.98. The van der Waals surface area contributed by atoms with Crippen molar-refractivity contribution in [1.82, 2.24) is 14.8 Å². The van der Waals surface area contributed by atoms with Gasteiger partial charge >= 0.3 is 0 Å². The average molecular weight is 464 g/mol. The van der Waals surface area contributed by atoms with E-state index in [-0.39, 0.29) is 11.9 Å². The zero-order chi connectivity index (χ0) is 18.3. The van der Waals surface area contributed by atoms with Crippen molar-refractivity contribution in [2.24, 2.45) is 13.0 Å². The van der Waals surface area contributed by atoms with E-state index in [1.54, 1.807) is 0 Å². The van der Waals surface area contributed by atoms with Crippen LogP contribution in [0, 0.1) is 9.49 Å². The Hall–Kier alpha value is -1.54. The summed E-state index contributed by atoms with van der Waals surface area (Å²) in [6, 6.07) is 10.6. The fourth-order valence-corrected chi connectivity index (χ4v) is 5.28. The van der Waals surface area contributed by atoms with E-state index in [4.69, 9.17) is 0 Å². The summed E-state index contributed by atoms with van der Waals surface area (Å²) < 4.78 is 3.01. The van der Waals surface area contributed by atoms with Crippen LogP contribution in [0.4, 0.5) is 5.69 Å². The first-order valence-electron chi connectivity index (χ1n) is 9.24. The number of piperidine rings is 3. The molecule has 3 saturated heterocycles. The van der Waals surface area contributed by atoms with E-state index in [0.717, 1.165) is 32.8 Å². The maximum absolute atomic E-state index is 13.1. The third-order valence-electron chi connectivity index (χ3n) is 5.85. The molecule has 6 heteroatoms. The molecular weight excluding hydrogens is 439 g/mol. The van der Waals surface area contributed by atoms with Gasteiger partial charge in [0, 0.05) is 41.5 Å². The number of anilines is 1. The third-order valence-corrected chi connectivity index (χ3v) is 6.67. The van der Waals surface area contributed by atoms with E-state index in [1.807, 2.05) is 30.8 Å². The van der Waals surface area contributed by atoms with Gasteiger partial charge in [-0.1, -0.05) is 18.2 Å². The monoisotopic (exact) mass is 464 g/mol. The van der Waals surface area contributed by atoms with Crippen molar-refractivity contribution < 1.29 is 4.79 Å². The fraction of sp³-hybridized carbons (Fsp3) is 0.450. The lowest BCUT2D eigenvalue weighted by molar-refractivity contribution is 0.0615. The zero-order valence-electron chi connectivity index (χ0n) is 15.3. The van der Waals surface area contributed by atoms with Gasteiger partial charge in [-0.05, 0) is 66.6 Å². The Labute approximate surface area is 168 Å². The molecule has 4 heterocycles. The number of halogens is 1. The van der Waals surface area contributed by atoms with Gasteiger partial charge in [0.1, 0.15) is 5.69 Å². The summed E-state index contributed by atoms with van der Waals surface area (Å²) in [4.78, 5) is 15.5. The minimum atomic E-state index is 0.0452. The molecule has 1 aromatic carbocycles. The number of fused-ring (bicyclic) bond motifs is 3. The first-order chi connectivity index (χ1) is 12.6. The SMILES string of the molecule is CNc1ccccc1-c1cc(I)c(C(=O)N[C@H]2CN3CCC2CC3)n1C. The van der Waals surface area contributed by atoms with Gasteiger partial charge in [0.05, 0.1) is 5.69 Å². The molecule has 2 bridgehead atoms. The van der Waals surface area contributed by atoms with Gasteiger partial charge in [-0.15, -0.1) is 0 Å². The van der Waals surface area contributed by atoms with Gasteiger partial charge in [-0.3, -0.25) is 4.79 Å². The maximum atomic E-state index is 13.1. The normalized spacial score (nSPS) is 24.5. The van der Waals surface area contributed by atoms with Gasteiger partial charge in [0.25, 0.3) is 5.91 Å². The van der Waals surface area contributed by atoms with Crippen molar-refractivity contribution in [3.63, 3.8) is 0 Å². The first kappa shape index (κ1) is 17.9. The van der Waals surface area contributed by atoms with E-state index in [0.29, 0.717) is 5.92 Å². The molecule has 5 rings (SSSR count). The minimum Gasteiger partial charge on any atom is -0.388 e. The third kappa shape index (κ3) is 3.13. The molecule has 0 spiro atoms. The summed E-state index contributed by atoms with van der Waals surface area (Å²) in [5.74, 6) is 0.676. The van der Waals surface area contributed by atoms with E-state index >= 15 is 0 Å². The number of carbonyl (C=O) groups is 1. The average Bonchev–Trinajstić information content (AvgIpc) is 2.96. The van der Waals surface area contributed by atoms with Crippen molar-refractivity contribution in [2.75, 3.05) is 32.0 Å². The summed E-state index contributed by atoms with van der Waals surface area (Å²) in [7, 11) is 3.91. The van der Waals surface area contributed by atoms with Crippen LogP contribution in [0.5, 0.6) is 0 Å². The molecule has 0 radical (unpaired) electrons. The number of nitrogens with zero attached hydrogens (tertiary/aromatic N) is 2. The molecule has 2 aromatic rings. The molecule has 138 valence electrons. The second-order valence-corrected chi connectivity index (χ2v) is 8.46. The molecule has 0 saturated carbocycles. The molecule has 5 nitrogen and oxygen atoms in total. The Morgan fingerprint density at radius 2 is 1.96 bits per heavy atom. The number of carbonyl (C=O) groups excluding carboxylic acids is 1. The summed E-state index contributed by atoms with van der Waals surface area (Å²) >= 11 is 2.28. The van der Waals surface area contributed by atoms with Gasteiger partial charge in [0.2, 0.25) is 0 Å². The Morgan fingerprint density at radius 3 is 2.62 bits per heavy atom. The highest BCUT2D eigenvalue weighted by molar-refractivity contribution is 14.1. The number of amides is 1. The first-order valence-corrected chi connectivity index (χ1v) is 10.3. The zero-order valence-corrected chi connectivity index (χ0v) is 17.4. The van der Waals surface area contributed by atoms with Crippen molar-refractivity contribution in [2.45, 2.75) is 18.9 Å². The van der Waals surface area contributed by atoms with Crippen molar-refractivity contribution >= 4 is 34.2 Å². The van der Waals surface area contributed by atoms with Gasteiger partial charge in [-0.2, -0.15) is 0 Å². The van der Waals surface area contributed by atoms with Crippen LogP contribution in [0.1, 0.15) is 23.3 Å². The number of para-hydroxylation sites is 1. The molecule has 1 aromatic heterocycles. The Balaban J connectivity index is 1.61. The molecule has 3 aliphatic rings. The standard InChI is InChI=1S/C20H25IN4O/c1-22-16-6-4-3-5-14(16)18-11-15(21)19(24(18)2)20(26)23-17-12-25-9-7-13(17)8-10-25/h3-6,11,13,17,22H,7-10,12H2,1-2H3,(H,23,26)/t17-/m0/s1. The molecule has 3 fully saturated rings. The largest absolute Gasteiger partial charge is 0.388 e. The predicted octanol–water partition coefficient (Wildman–Crippen LogP) is 3.16. The molecule has 0 aliphatic carbocycles. The Morgan fingerprint density at radius 1 is 1.23 bits per heavy atom. The number of nitrogens with one attached hydrogen (secondary N) is 2. The smallest absolute Gasteiger partial charge is 0.269 e. The Kier molecular flexibility index (Phi) is 4.96. The summed E-state index contributed by atoms with van der Waals surface area (Å²) in [6.07, 6.45) is 2.41. The van der Waals surface area contributed by atoms with Crippen LogP contribution in [-0.2, 0) is 7.05 Å². The second kappa shape index (κ2) is 7.23. The van der Waals surface area contributed by atoms with E-state index in [9.17, 15) is 4.79 Å². The van der Waals surface area contributed by atoms with Crippen LogP contribution in [0.3, 0.4) is 0 Å². The predicted molar refractivity (Wildman–Crippen MR) is 114 cm³/mol. The van der Waals surface area contributed by atoms with Crippen LogP contribution < -0.4 is 10.6 Å². The van der Waals surface area contributed by atoms with E-state index in [1.165, 1.54) is 25.9 Å². The fourth-order valence-electron chi connectivity index (χ4n) is 4.37. The number of rotatable bonds is 4. The maximum Gasteiger partial charge on any atom is 0.269 e. The topological polar surface area (TPSA) is 49.3 Å². The van der Waals surface area contributed by atoms with Crippen LogP contribution in [0.15, 0.2) is 30.3 Å². The van der Waals surface area contributed by atoms with Crippen molar-refractivity contribution in [3.8, 4) is 11.3 Å². The molecular formula is C20H25IN4O. The lowest BCUT2D eigenvalue weighted by Gasteiger charge is -2.44.